The summed E-state index contributed by atoms with van der Waals surface area (Å²) in [5.74, 6) is -0.284. The fourth-order valence-corrected chi connectivity index (χ4v) is 5.64. The predicted octanol–water partition coefficient (Wildman–Crippen LogP) is 7.67. The lowest BCUT2D eigenvalue weighted by Crippen LogP contribution is -2.38. The van der Waals surface area contributed by atoms with Gasteiger partial charge in [0.25, 0.3) is 0 Å². The first-order chi connectivity index (χ1) is 15.8. The number of benzene rings is 2. The number of carboxylic acids is 1. The van der Waals surface area contributed by atoms with Crippen LogP contribution in [0.1, 0.15) is 80.9 Å². The number of rotatable bonds is 9. The van der Waals surface area contributed by atoms with Gasteiger partial charge in [-0.15, -0.1) is 0 Å². The van der Waals surface area contributed by atoms with Gasteiger partial charge in [-0.1, -0.05) is 42.8 Å². The fourth-order valence-electron chi connectivity index (χ4n) is 5.37. The quantitative estimate of drug-likeness (QED) is 0.379. The number of halogens is 2. The Morgan fingerprint density at radius 2 is 1.85 bits per heavy atom. The van der Waals surface area contributed by atoms with Crippen LogP contribution in [0.4, 0.5) is 4.39 Å². The Bertz CT molecular complexity index is 983. The molecule has 2 aromatic carbocycles. The van der Waals surface area contributed by atoms with E-state index in [1.54, 1.807) is 0 Å². The van der Waals surface area contributed by atoms with E-state index in [0.29, 0.717) is 24.2 Å². The molecule has 0 spiro atoms. The van der Waals surface area contributed by atoms with Gasteiger partial charge in [0, 0.05) is 10.9 Å². The molecule has 0 heterocycles. The molecule has 0 aliphatic heterocycles. The molecule has 2 aliphatic carbocycles. The van der Waals surface area contributed by atoms with Crippen molar-refractivity contribution < 1.29 is 19.0 Å². The summed E-state index contributed by atoms with van der Waals surface area (Å²) in [6.07, 6.45) is 7.13. The third-order valence-corrected chi connectivity index (χ3v) is 7.90. The van der Waals surface area contributed by atoms with Gasteiger partial charge in [0.2, 0.25) is 5.67 Å². The normalized spacial score (nSPS) is 22.8. The van der Waals surface area contributed by atoms with Crippen LogP contribution in [0.25, 0.3) is 0 Å². The highest BCUT2D eigenvalue weighted by Gasteiger charge is 2.50. The fraction of sp³-hybridized carbons (Fsp3) is 0.536. The van der Waals surface area contributed by atoms with Crippen molar-refractivity contribution in [2.75, 3.05) is 6.61 Å². The minimum Gasteiger partial charge on any atom is -0.493 e. The van der Waals surface area contributed by atoms with Crippen LogP contribution in [0, 0.1) is 11.8 Å². The maximum absolute atomic E-state index is 15.1. The van der Waals surface area contributed by atoms with Crippen molar-refractivity contribution >= 4 is 31.1 Å². The van der Waals surface area contributed by atoms with Crippen LogP contribution in [-0.2, 0) is 11.2 Å². The molecule has 2 aliphatic rings. The number of alkyl halides is 1. The van der Waals surface area contributed by atoms with E-state index in [9.17, 15) is 9.90 Å². The number of carboxylic acid groups (broad SMARTS) is 1. The molecule has 6 heteroatoms. The Labute approximate surface area is 214 Å². The average molecular weight is 507 g/mol. The Hall–Kier alpha value is -1.72. The van der Waals surface area contributed by atoms with E-state index in [2.05, 4.69) is 19.1 Å². The Kier molecular flexibility index (Phi) is 8.97. The standard InChI is InChI=1S/C28H34ClFO3.H2S/c1-3-18-9-14-25(29)24(15-18)20-10-7-19(8-11-20)17-33-23-6-4-5-22(16-23)26(21-12-13-21)28(2,30)27(31)32;/h4-6,9,14-16,19-21,26H,3,7-8,10-13,17H2,1-2H3,(H,31,32);1H2/t19?,20?,26-,28?;/m0./s1. The molecular weight excluding hydrogens is 471 g/mol. The smallest absolute Gasteiger partial charge is 0.341 e. The summed E-state index contributed by atoms with van der Waals surface area (Å²) in [4.78, 5) is 11.6. The molecule has 4 rings (SSSR count). The largest absolute Gasteiger partial charge is 0.493 e. The minimum atomic E-state index is -2.28. The van der Waals surface area contributed by atoms with Crippen LogP contribution in [0.2, 0.25) is 5.02 Å². The second-order valence-electron chi connectivity index (χ2n) is 10.0. The molecule has 1 unspecified atom stereocenters. The third-order valence-electron chi connectivity index (χ3n) is 7.55. The molecule has 34 heavy (non-hydrogen) atoms. The van der Waals surface area contributed by atoms with E-state index in [1.165, 1.54) is 18.1 Å². The van der Waals surface area contributed by atoms with Crippen molar-refractivity contribution in [1.82, 2.24) is 0 Å². The molecule has 186 valence electrons. The molecule has 2 fully saturated rings. The van der Waals surface area contributed by atoms with Crippen LogP contribution >= 0.6 is 25.1 Å². The average Bonchev–Trinajstić information content (AvgIpc) is 3.63. The van der Waals surface area contributed by atoms with Crippen molar-refractivity contribution in [3.8, 4) is 5.75 Å². The molecule has 1 N–H and O–H groups in total. The lowest BCUT2D eigenvalue weighted by Gasteiger charge is -2.30. The van der Waals surface area contributed by atoms with Crippen LogP contribution in [0.3, 0.4) is 0 Å². The van der Waals surface area contributed by atoms with Crippen molar-refractivity contribution in [2.24, 2.45) is 11.8 Å². The van der Waals surface area contributed by atoms with Crippen molar-refractivity contribution in [1.29, 1.82) is 0 Å². The zero-order chi connectivity index (χ0) is 23.6. The van der Waals surface area contributed by atoms with Gasteiger partial charge in [-0.3, -0.25) is 0 Å². The lowest BCUT2D eigenvalue weighted by atomic mass is 9.78. The monoisotopic (exact) mass is 506 g/mol. The zero-order valence-corrected chi connectivity index (χ0v) is 21.8. The first kappa shape index (κ1) is 26.9. The van der Waals surface area contributed by atoms with Crippen LogP contribution in [0.5, 0.6) is 5.75 Å². The number of aliphatic carboxylic acids is 1. The molecule has 0 saturated heterocycles. The van der Waals surface area contributed by atoms with Gasteiger partial charge in [-0.05, 0) is 105 Å². The topological polar surface area (TPSA) is 46.5 Å². The van der Waals surface area contributed by atoms with E-state index < -0.39 is 17.6 Å². The molecular formula is C28H36ClFO3S. The highest BCUT2D eigenvalue weighted by molar-refractivity contribution is 7.59. The number of hydrogen-bond acceptors (Lipinski definition) is 2. The molecule has 0 bridgehead atoms. The Morgan fingerprint density at radius 1 is 1.15 bits per heavy atom. The highest BCUT2D eigenvalue weighted by Crippen LogP contribution is 2.50. The number of carbonyl (C=O) groups is 1. The molecule has 0 aromatic heterocycles. The lowest BCUT2D eigenvalue weighted by molar-refractivity contribution is -0.151. The molecule has 0 amide bonds. The van der Waals surface area contributed by atoms with Crippen LogP contribution in [0.15, 0.2) is 42.5 Å². The van der Waals surface area contributed by atoms with Crippen molar-refractivity contribution in [3.63, 3.8) is 0 Å². The van der Waals surface area contributed by atoms with Crippen molar-refractivity contribution in [2.45, 2.75) is 76.3 Å². The highest BCUT2D eigenvalue weighted by atomic mass is 35.5. The summed E-state index contributed by atoms with van der Waals surface area (Å²) in [6, 6.07) is 13.8. The number of aryl methyl sites for hydroxylation is 1. The van der Waals surface area contributed by atoms with E-state index in [0.717, 1.165) is 55.5 Å². The maximum Gasteiger partial charge on any atom is 0.341 e. The molecule has 2 atom stereocenters. The number of ether oxygens (including phenoxy) is 1. The van der Waals surface area contributed by atoms with Gasteiger partial charge in [0.15, 0.2) is 0 Å². The van der Waals surface area contributed by atoms with E-state index in [-0.39, 0.29) is 19.4 Å². The van der Waals surface area contributed by atoms with Crippen LogP contribution < -0.4 is 4.74 Å². The summed E-state index contributed by atoms with van der Waals surface area (Å²) < 4.78 is 21.2. The van der Waals surface area contributed by atoms with Crippen molar-refractivity contribution in [3.05, 3.63) is 64.2 Å². The SMILES string of the molecule is CCc1ccc(Cl)c(C2CCC(COc3cccc([C@H](C4CC4)C(C)(F)C(=O)O)c3)CC2)c1.S. The third kappa shape index (κ3) is 6.09. The van der Waals surface area contributed by atoms with Gasteiger partial charge in [0.05, 0.1) is 6.61 Å². The summed E-state index contributed by atoms with van der Waals surface area (Å²) in [5, 5.41) is 10.3. The van der Waals surface area contributed by atoms with E-state index >= 15 is 4.39 Å². The Morgan fingerprint density at radius 3 is 2.47 bits per heavy atom. The molecule has 0 radical (unpaired) electrons. The summed E-state index contributed by atoms with van der Waals surface area (Å²) >= 11 is 6.49. The second kappa shape index (κ2) is 11.3. The predicted molar refractivity (Wildman–Crippen MR) is 140 cm³/mol. The summed E-state index contributed by atoms with van der Waals surface area (Å²) in [7, 11) is 0. The van der Waals surface area contributed by atoms with Crippen LogP contribution in [-0.4, -0.2) is 23.4 Å². The summed E-state index contributed by atoms with van der Waals surface area (Å²) in [6.45, 7) is 3.98. The van der Waals surface area contributed by atoms with Gasteiger partial charge >= 0.3 is 5.97 Å². The van der Waals surface area contributed by atoms with Gasteiger partial charge < -0.3 is 9.84 Å². The molecule has 2 saturated carbocycles. The second-order valence-corrected chi connectivity index (χ2v) is 10.4. The summed E-state index contributed by atoms with van der Waals surface area (Å²) in [5.41, 5.74) is 1.05. The Balaban J connectivity index is 0.00000324. The number of hydrogen-bond donors (Lipinski definition) is 1. The van der Waals surface area contributed by atoms with E-state index in [4.69, 9.17) is 16.3 Å². The minimum absolute atomic E-state index is 0. The van der Waals surface area contributed by atoms with Gasteiger partial charge in [-0.25, -0.2) is 9.18 Å². The molecule has 3 nitrogen and oxygen atoms in total. The zero-order valence-electron chi connectivity index (χ0n) is 20.0. The maximum atomic E-state index is 15.1. The first-order valence-electron chi connectivity index (χ1n) is 12.2. The first-order valence-corrected chi connectivity index (χ1v) is 12.6. The van der Waals surface area contributed by atoms with Gasteiger partial charge in [-0.2, -0.15) is 13.5 Å². The molecule has 2 aromatic rings. The van der Waals surface area contributed by atoms with Gasteiger partial charge in [0.1, 0.15) is 5.75 Å². The van der Waals surface area contributed by atoms with E-state index in [1.807, 2.05) is 30.3 Å².